The molecule has 22 heavy (non-hydrogen) atoms. The highest BCUT2D eigenvalue weighted by Gasteiger charge is 2.45. The maximum atomic E-state index is 13.0. The average Bonchev–Trinajstić information content (AvgIpc) is 2.90. The lowest BCUT2D eigenvalue weighted by molar-refractivity contribution is -0.181. The standard InChI is InChI=1S/C14H16F3N3O2/c15-14(16,17)9-4-1-2-5-10(9)18-13(21)11-8-12-20(19-11)6-3-7-22-12/h1-2,8-10H,3-7H2,(H,18,21). The molecular formula is C14H16F3N3O2. The minimum atomic E-state index is -4.33. The van der Waals surface area contributed by atoms with Gasteiger partial charge in [0.1, 0.15) is 0 Å². The summed E-state index contributed by atoms with van der Waals surface area (Å²) in [6.45, 7) is 1.19. The molecule has 0 fully saturated rings. The number of nitrogens with zero attached hydrogens (tertiary/aromatic N) is 2. The topological polar surface area (TPSA) is 56.2 Å². The molecule has 1 aromatic heterocycles. The van der Waals surface area contributed by atoms with Crippen LogP contribution in [-0.2, 0) is 6.54 Å². The molecule has 3 rings (SSSR count). The molecule has 1 N–H and O–H groups in total. The molecule has 2 heterocycles. The van der Waals surface area contributed by atoms with Crippen molar-refractivity contribution >= 4 is 5.91 Å². The van der Waals surface area contributed by atoms with Crippen molar-refractivity contribution in [2.75, 3.05) is 6.61 Å². The third kappa shape index (κ3) is 2.95. The summed E-state index contributed by atoms with van der Waals surface area (Å²) in [5.41, 5.74) is 0.0902. The fraction of sp³-hybridized carbons (Fsp3) is 0.571. The second-order valence-electron chi connectivity index (χ2n) is 5.46. The number of carbonyl (C=O) groups is 1. The molecule has 0 aromatic carbocycles. The Morgan fingerprint density at radius 1 is 1.36 bits per heavy atom. The van der Waals surface area contributed by atoms with Crippen LogP contribution in [-0.4, -0.2) is 34.5 Å². The van der Waals surface area contributed by atoms with Crippen molar-refractivity contribution in [3.8, 4) is 5.88 Å². The van der Waals surface area contributed by atoms with E-state index in [9.17, 15) is 18.0 Å². The molecule has 1 aromatic rings. The van der Waals surface area contributed by atoms with Gasteiger partial charge in [0.05, 0.1) is 12.5 Å². The summed E-state index contributed by atoms with van der Waals surface area (Å²) in [6, 6.07) is 0.507. The number of fused-ring (bicyclic) bond motifs is 1. The minimum absolute atomic E-state index is 0.0902. The SMILES string of the molecule is O=C(NC1CC=CCC1C(F)(F)F)c1cc2n(n1)CCCO2. The number of rotatable bonds is 2. The zero-order chi connectivity index (χ0) is 15.7. The van der Waals surface area contributed by atoms with Crippen LogP contribution in [0.5, 0.6) is 5.88 Å². The summed E-state index contributed by atoms with van der Waals surface area (Å²) in [5.74, 6) is -1.68. The van der Waals surface area contributed by atoms with Gasteiger partial charge in [-0.25, -0.2) is 4.68 Å². The molecule has 2 unspecified atom stereocenters. The highest BCUT2D eigenvalue weighted by molar-refractivity contribution is 5.92. The van der Waals surface area contributed by atoms with Crippen LogP contribution in [0.3, 0.4) is 0 Å². The molecule has 2 aliphatic rings. The summed E-state index contributed by atoms with van der Waals surface area (Å²) in [6.07, 6.45) is -0.325. The maximum Gasteiger partial charge on any atom is 0.394 e. The summed E-state index contributed by atoms with van der Waals surface area (Å²) < 4.78 is 45.9. The Balaban J connectivity index is 1.73. The predicted molar refractivity (Wildman–Crippen MR) is 71.5 cm³/mol. The third-order valence-corrected chi connectivity index (χ3v) is 3.91. The number of halogens is 3. The molecule has 0 saturated carbocycles. The molecule has 1 aliphatic carbocycles. The molecule has 0 radical (unpaired) electrons. The Bertz CT molecular complexity index is 571. The molecular weight excluding hydrogens is 299 g/mol. The largest absolute Gasteiger partial charge is 0.478 e. The van der Waals surface area contributed by atoms with Crippen LogP contribution in [0.4, 0.5) is 13.2 Å². The molecule has 120 valence electrons. The van der Waals surface area contributed by atoms with Crippen molar-refractivity contribution in [3.05, 3.63) is 23.9 Å². The van der Waals surface area contributed by atoms with Crippen molar-refractivity contribution in [1.82, 2.24) is 15.1 Å². The minimum Gasteiger partial charge on any atom is -0.478 e. The Hall–Kier alpha value is -1.99. The van der Waals surface area contributed by atoms with Crippen molar-refractivity contribution in [2.24, 2.45) is 5.92 Å². The van der Waals surface area contributed by atoms with Crippen LogP contribution in [0, 0.1) is 5.92 Å². The zero-order valence-corrected chi connectivity index (χ0v) is 11.8. The molecule has 5 nitrogen and oxygen atoms in total. The Morgan fingerprint density at radius 2 is 2.14 bits per heavy atom. The molecule has 8 heteroatoms. The van der Waals surface area contributed by atoms with E-state index in [-0.39, 0.29) is 18.5 Å². The van der Waals surface area contributed by atoms with E-state index in [1.165, 1.54) is 12.1 Å². The monoisotopic (exact) mass is 315 g/mol. The second-order valence-corrected chi connectivity index (χ2v) is 5.46. The van der Waals surface area contributed by atoms with Crippen molar-refractivity contribution in [2.45, 2.75) is 38.0 Å². The molecule has 0 saturated heterocycles. The van der Waals surface area contributed by atoms with E-state index in [0.29, 0.717) is 19.0 Å². The number of alkyl halides is 3. The van der Waals surface area contributed by atoms with E-state index in [2.05, 4.69) is 10.4 Å². The molecule has 1 aliphatic heterocycles. The van der Waals surface area contributed by atoms with Crippen LogP contribution < -0.4 is 10.1 Å². The highest BCUT2D eigenvalue weighted by atomic mass is 19.4. The van der Waals surface area contributed by atoms with E-state index >= 15 is 0 Å². The number of amides is 1. The first-order chi connectivity index (χ1) is 10.4. The van der Waals surface area contributed by atoms with E-state index in [1.54, 1.807) is 10.8 Å². The van der Waals surface area contributed by atoms with Gasteiger partial charge in [0.25, 0.3) is 5.91 Å². The Morgan fingerprint density at radius 3 is 2.86 bits per heavy atom. The zero-order valence-electron chi connectivity index (χ0n) is 11.8. The normalized spacial score (nSPS) is 24.5. The maximum absolute atomic E-state index is 13.0. The van der Waals surface area contributed by atoms with Gasteiger partial charge in [-0.1, -0.05) is 12.2 Å². The summed E-state index contributed by atoms with van der Waals surface area (Å²) in [7, 11) is 0. The first kappa shape index (κ1) is 14.9. The van der Waals surface area contributed by atoms with Gasteiger partial charge in [-0.3, -0.25) is 4.79 Å². The van der Waals surface area contributed by atoms with Crippen molar-refractivity contribution in [3.63, 3.8) is 0 Å². The van der Waals surface area contributed by atoms with E-state index in [4.69, 9.17) is 4.74 Å². The third-order valence-electron chi connectivity index (χ3n) is 3.91. The van der Waals surface area contributed by atoms with Gasteiger partial charge >= 0.3 is 6.18 Å². The number of allylic oxidation sites excluding steroid dienone is 1. The van der Waals surface area contributed by atoms with E-state index in [0.717, 1.165) is 6.42 Å². The van der Waals surface area contributed by atoms with Crippen molar-refractivity contribution < 1.29 is 22.7 Å². The number of nitrogens with one attached hydrogen (secondary N) is 1. The summed E-state index contributed by atoms with van der Waals surface area (Å²) >= 11 is 0. The number of hydrogen-bond donors (Lipinski definition) is 1. The van der Waals surface area contributed by atoms with Gasteiger partial charge in [0.15, 0.2) is 5.69 Å². The summed E-state index contributed by atoms with van der Waals surface area (Å²) in [5, 5.41) is 6.54. The summed E-state index contributed by atoms with van der Waals surface area (Å²) in [4.78, 5) is 12.2. The predicted octanol–water partition coefficient (Wildman–Crippen LogP) is 2.29. The van der Waals surface area contributed by atoms with Gasteiger partial charge in [-0.05, 0) is 12.8 Å². The lowest BCUT2D eigenvalue weighted by Gasteiger charge is -2.30. The number of ether oxygens (including phenoxy) is 1. The second kappa shape index (κ2) is 5.66. The number of aromatic nitrogens is 2. The van der Waals surface area contributed by atoms with Crippen LogP contribution in [0.1, 0.15) is 29.8 Å². The molecule has 0 spiro atoms. The van der Waals surface area contributed by atoms with E-state index < -0.39 is 24.0 Å². The van der Waals surface area contributed by atoms with Gasteiger partial charge in [0, 0.05) is 25.1 Å². The first-order valence-corrected chi connectivity index (χ1v) is 7.18. The van der Waals surface area contributed by atoms with Gasteiger partial charge in [-0.15, -0.1) is 0 Å². The van der Waals surface area contributed by atoms with Crippen LogP contribution in [0.25, 0.3) is 0 Å². The molecule has 0 bridgehead atoms. The van der Waals surface area contributed by atoms with Gasteiger partial charge < -0.3 is 10.1 Å². The number of hydrogen-bond acceptors (Lipinski definition) is 3. The smallest absolute Gasteiger partial charge is 0.394 e. The van der Waals surface area contributed by atoms with E-state index in [1.807, 2.05) is 0 Å². The Kier molecular flexibility index (Phi) is 3.84. The average molecular weight is 315 g/mol. The number of aryl methyl sites for hydroxylation is 1. The van der Waals surface area contributed by atoms with Crippen LogP contribution in [0.2, 0.25) is 0 Å². The fourth-order valence-electron chi connectivity index (χ4n) is 2.76. The Labute approximate surface area is 125 Å². The van der Waals surface area contributed by atoms with Crippen LogP contribution in [0.15, 0.2) is 18.2 Å². The molecule has 1 amide bonds. The van der Waals surface area contributed by atoms with Crippen LogP contribution >= 0.6 is 0 Å². The molecule has 2 atom stereocenters. The lowest BCUT2D eigenvalue weighted by atomic mass is 9.88. The highest BCUT2D eigenvalue weighted by Crippen LogP contribution is 2.35. The van der Waals surface area contributed by atoms with Gasteiger partial charge in [-0.2, -0.15) is 18.3 Å². The van der Waals surface area contributed by atoms with Gasteiger partial charge in [0.2, 0.25) is 5.88 Å². The first-order valence-electron chi connectivity index (χ1n) is 7.18. The van der Waals surface area contributed by atoms with Crippen molar-refractivity contribution in [1.29, 1.82) is 0 Å². The fourth-order valence-corrected chi connectivity index (χ4v) is 2.76. The lowest BCUT2D eigenvalue weighted by Crippen LogP contribution is -2.46. The number of carbonyl (C=O) groups excluding carboxylic acids is 1. The quantitative estimate of drug-likeness (QED) is 0.852.